The number of aliphatic hydroxyl groups is 1. The predicted molar refractivity (Wildman–Crippen MR) is 117 cm³/mol. The number of carbonyl (C=O) groups excluding carboxylic acids is 1. The summed E-state index contributed by atoms with van der Waals surface area (Å²) in [5.74, 6) is -1.80. The highest BCUT2D eigenvalue weighted by Crippen LogP contribution is 2.33. The normalized spacial score (nSPS) is 17.4. The van der Waals surface area contributed by atoms with Gasteiger partial charge in [0.25, 0.3) is 5.91 Å². The number of rotatable bonds is 6. The standard InChI is InChI=1S/C20H20ClF3N2O6S2/c1-19(28,20(22,23)24)18(27)25-17-9-8-15(12-16(17)21)33(29,30)13-4-6-14(7-5-13)34(31,32)26-10-2-3-11-26/h4-9,12,28H,2-3,10-11H2,1H3,(H,25,27)/t19-/m1/s1. The van der Waals surface area contributed by atoms with Crippen LogP contribution in [0.1, 0.15) is 19.8 Å². The van der Waals surface area contributed by atoms with Gasteiger partial charge in [0.05, 0.1) is 25.4 Å². The number of nitrogens with one attached hydrogen (secondary N) is 1. The summed E-state index contributed by atoms with van der Waals surface area (Å²) in [7, 11) is -7.91. The molecule has 14 heteroatoms. The molecule has 0 saturated carbocycles. The monoisotopic (exact) mass is 540 g/mol. The van der Waals surface area contributed by atoms with Gasteiger partial charge < -0.3 is 10.4 Å². The van der Waals surface area contributed by atoms with Crippen LogP contribution < -0.4 is 5.32 Å². The molecule has 0 spiro atoms. The average Bonchev–Trinajstić information content (AvgIpc) is 3.30. The van der Waals surface area contributed by atoms with Crippen LogP contribution in [0.3, 0.4) is 0 Å². The lowest BCUT2D eigenvalue weighted by Crippen LogP contribution is -2.52. The Labute approximate surface area is 199 Å². The summed E-state index contributed by atoms with van der Waals surface area (Å²) in [6.07, 6.45) is -3.76. The molecule has 1 saturated heterocycles. The molecule has 1 aliphatic rings. The fourth-order valence-electron chi connectivity index (χ4n) is 3.14. The number of carbonyl (C=O) groups is 1. The van der Waals surface area contributed by atoms with Crippen molar-refractivity contribution in [1.29, 1.82) is 0 Å². The second kappa shape index (κ2) is 9.11. The lowest BCUT2D eigenvalue weighted by Gasteiger charge is -2.25. The van der Waals surface area contributed by atoms with E-state index >= 15 is 0 Å². The van der Waals surface area contributed by atoms with Crippen molar-refractivity contribution < 1.29 is 39.9 Å². The van der Waals surface area contributed by atoms with Crippen molar-refractivity contribution in [2.24, 2.45) is 0 Å². The average molecular weight is 541 g/mol. The molecule has 2 aromatic rings. The summed E-state index contributed by atoms with van der Waals surface area (Å²) in [6.45, 7) is 1.05. The summed E-state index contributed by atoms with van der Waals surface area (Å²) >= 11 is 5.96. The first kappa shape index (κ1) is 26.4. The van der Waals surface area contributed by atoms with Crippen LogP contribution >= 0.6 is 11.6 Å². The molecule has 0 radical (unpaired) electrons. The molecule has 0 bridgehead atoms. The number of hydrogen-bond donors (Lipinski definition) is 2. The Morgan fingerprint density at radius 2 is 1.47 bits per heavy atom. The van der Waals surface area contributed by atoms with Gasteiger partial charge in [-0.3, -0.25) is 4.79 Å². The lowest BCUT2D eigenvalue weighted by atomic mass is 10.1. The zero-order valence-electron chi connectivity index (χ0n) is 17.6. The summed E-state index contributed by atoms with van der Waals surface area (Å²) in [5.41, 5.74) is -4.04. The highest BCUT2D eigenvalue weighted by molar-refractivity contribution is 7.91. The predicted octanol–water partition coefficient (Wildman–Crippen LogP) is 3.21. The molecular formula is C20H20ClF3N2O6S2. The molecule has 0 aromatic heterocycles. The van der Waals surface area contributed by atoms with Gasteiger partial charge in [0.1, 0.15) is 0 Å². The second-order valence-corrected chi connectivity index (χ2v) is 12.0. The molecule has 3 rings (SSSR count). The fourth-order valence-corrected chi connectivity index (χ4v) is 6.24. The molecule has 1 amide bonds. The first-order valence-electron chi connectivity index (χ1n) is 9.84. The third-order valence-electron chi connectivity index (χ3n) is 5.33. The third kappa shape index (κ3) is 4.93. The quantitative estimate of drug-likeness (QED) is 0.580. The summed E-state index contributed by atoms with van der Waals surface area (Å²) in [6, 6.07) is 7.51. The molecule has 2 N–H and O–H groups in total. The van der Waals surface area contributed by atoms with E-state index in [9.17, 15) is 39.9 Å². The Morgan fingerprint density at radius 3 is 1.97 bits per heavy atom. The van der Waals surface area contributed by atoms with Gasteiger partial charge in [0.2, 0.25) is 25.5 Å². The molecule has 186 valence electrons. The maximum Gasteiger partial charge on any atom is 0.426 e. The number of sulfonamides is 1. The summed E-state index contributed by atoms with van der Waals surface area (Å²) in [4.78, 5) is 11.2. The van der Waals surface area contributed by atoms with Crippen molar-refractivity contribution in [2.75, 3.05) is 18.4 Å². The van der Waals surface area contributed by atoms with Crippen LogP contribution in [-0.2, 0) is 24.7 Å². The Hall–Kier alpha value is -2.19. The molecule has 1 aliphatic heterocycles. The maximum absolute atomic E-state index is 12.9. The lowest BCUT2D eigenvalue weighted by molar-refractivity contribution is -0.242. The van der Waals surface area contributed by atoms with E-state index in [1.807, 2.05) is 5.32 Å². The molecule has 2 aromatic carbocycles. The first-order valence-corrected chi connectivity index (χ1v) is 13.1. The van der Waals surface area contributed by atoms with Crippen LogP contribution in [0.5, 0.6) is 0 Å². The number of amides is 1. The minimum atomic E-state index is -5.25. The van der Waals surface area contributed by atoms with Gasteiger partial charge >= 0.3 is 6.18 Å². The van der Waals surface area contributed by atoms with E-state index in [2.05, 4.69) is 0 Å². The van der Waals surface area contributed by atoms with Crippen LogP contribution in [0, 0.1) is 0 Å². The topological polar surface area (TPSA) is 121 Å². The number of hydrogen-bond acceptors (Lipinski definition) is 6. The van der Waals surface area contributed by atoms with E-state index in [1.165, 1.54) is 16.4 Å². The molecule has 1 fully saturated rings. The maximum atomic E-state index is 12.9. The minimum absolute atomic E-state index is 0.0545. The number of anilines is 1. The van der Waals surface area contributed by atoms with Gasteiger partial charge in [-0.15, -0.1) is 0 Å². The molecular weight excluding hydrogens is 521 g/mol. The van der Waals surface area contributed by atoms with Crippen molar-refractivity contribution in [3.05, 3.63) is 47.5 Å². The van der Waals surface area contributed by atoms with E-state index in [-0.39, 0.29) is 32.3 Å². The van der Waals surface area contributed by atoms with Crippen LogP contribution in [0.4, 0.5) is 18.9 Å². The van der Waals surface area contributed by atoms with Crippen LogP contribution in [0.25, 0.3) is 0 Å². The smallest absolute Gasteiger partial charge is 0.373 e. The van der Waals surface area contributed by atoms with Gasteiger partial charge in [-0.1, -0.05) is 11.6 Å². The van der Waals surface area contributed by atoms with Gasteiger partial charge in [0, 0.05) is 13.1 Å². The SMILES string of the molecule is C[C@@](O)(C(=O)Nc1ccc(S(=O)(=O)c2ccc(S(=O)(=O)N3CCCC3)cc2)cc1Cl)C(F)(F)F. The van der Waals surface area contributed by atoms with Gasteiger partial charge in [-0.05, 0) is 62.2 Å². The largest absolute Gasteiger partial charge is 0.426 e. The minimum Gasteiger partial charge on any atom is -0.373 e. The second-order valence-electron chi connectivity index (χ2n) is 7.75. The van der Waals surface area contributed by atoms with Gasteiger partial charge in [-0.2, -0.15) is 17.5 Å². The van der Waals surface area contributed by atoms with E-state index in [0.29, 0.717) is 13.1 Å². The Balaban J connectivity index is 1.84. The van der Waals surface area contributed by atoms with Crippen molar-refractivity contribution in [3.63, 3.8) is 0 Å². The van der Waals surface area contributed by atoms with Crippen LogP contribution in [-0.4, -0.2) is 57.0 Å². The van der Waals surface area contributed by atoms with E-state index < -0.39 is 37.5 Å². The first-order chi connectivity index (χ1) is 15.6. The van der Waals surface area contributed by atoms with E-state index in [4.69, 9.17) is 11.6 Å². The number of benzene rings is 2. The van der Waals surface area contributed by atoms with Gasteiger partial charge in [-0.25, -0.2) is 16.8 Å². The highest BCUT2D eigenvalue weighted by atomic mass is 35.5. The highest BCUT2D eigenvalue weighted by Gasteiger charge is 2.55. The molecule has 8 nitrogen and oxygen atoms in total. The molecule has 1 atom stereocenters. The Morgan fingerprint density at radius 1 is 0.971 bits per heavy atom. The zero-order chi connectivity index (χ0) is 25.5. The molecule has 34 heavy (non-hydrogen) atoms. The van der Waals surface area contributed by atoms with Crippen molar-refractivity contribution in [2.45, 2.75) is 46.2 Å². The third-order valence-corrected chi connectivity index (χ3v) is 9.32. The summed E-state index contributed by atoms with van der Waals surface area (Å²) < 4.78 is 90.9. The number of sulfone groups is 1. The van der Waals surface area contributed by atoms with Crippen molar-refractivity contribution in [1.82, 2.24) is 4.31 Å². The van der Waals surface area contributed by atoms with Crippen LogP contribution in [0.15, 0.2) is 57.2 Å². The molecule has 0 unspecified atom stereocenters. The fraction of sp³-hybridized carbons (Fsp3) is 0.350. The molecule has 0 aliphatic carbocycles. The van der Waals surface area contributed by atoms with E-state index in [1.54, 1.807) is 0 Å². The Bertz CT molecular complexity index is 1300. The number of alkyl halides is 3. The van der Waals surface area contributed by atoms with Crippen molar-refractivity contribution in [3.8, 4) is 0 Å². The molecule has 1 heterocycles. The number of nitrogens with zero attached hydrogens (tertiary/aromatic N) is 1. The number of halogens is 4. The van der Waals surface area contributed by atoms with Gasteiger partial charge in [0.15, 0.2) is 0 Å². The zero-order valence-corrected chi connectivity index (χ0v) is 20.0. The van der Waals surface area contributed by atoms with Crippen molar-refractivity contribution >= 4 is 43.1 Å². The summed E-state index contributed by atoms with van der Waals surface area (Å²) in [5, 5.41) is 10.9. The van der Waals surface area contributed by atoms with E-state index in [0.717, 1.165) is 43.2 Å². The Kier molecular flexibility index (Phi) is 7.08. The van der Waals surface area contributed by atoms with Crippen LogP contribution in [0.2, 0.25) is 5.02 Å².